The van der Waals surface area contributed by atoms with Crippen molar-refractivity contribution in [3.63, 3.8) is 0 Å². The Morgan fingerprint density at radius 2 is 0.879 bits per heavy atom. The van der Waals surface area contributed by atoms with Crippen molar-refractivity contribution in [1.82, 2.24) is 26.6 Å². The summed E-state index contributed by atoms with van der Waals surface area (Å²) in [6.07, 6.45) is -0.515. The van der Waals surface area contributed by atoms with Crippen LogP contribution in [0.15, 0.2) is 9.98 Å². The quantitative estimate of drug-likeness (QED) is 0.0175. The summed E-state index contributed by atoms with van der Waals surface area (Å²) in [5.74, 6) is -9.05. The second-order valence-corrected chi connectivity index (χ2v) is 13.8. The molecule has 0 radical (unpaired) electrons. The Hall–Kier alpha value is -5.92. The zero-order chi connectivity index (χ0) is 44.4. The van der Waals surface area contributed by atoms with Crippen LogP contribution < -0.4 is 66.7 Å². The van der Waals surface area contributed by atoms with Crippen LogP contribution in [0.4, 0.5) is 0 Å². The lowest BCUT2D eigenvalue weighted by molar-refractivity contribution is -0.139. The van der Waals surface area contributed by atoms with Gasteiger partial charge >= 0.3 is 11.9 Å². The van der Waals surface area contributed by atoms with Crippen molar-refractivity contribution in [1.29, 1.82) is 0 Å². The van der Waals surface area contributed by atoms with Crippen molar-refractivity contribution in [2.75, 3.05) is 25.1 Å². The van der Waals surface area contributed by atoms with Gasteiger partial charge in [0.1, 0.15) is 30.2 Å². The second kappa shape index (κ2) is 28.5. The Balaban J connectivity index is 6.38. The lowest BCUT2D eigenvalue weighted by Gasteiger charge is -2.27. The number of carbonyl (C=O) groups excluding carboxylic acids is 7. The molecule has 0 aromatic heterocycles. The highest BCUT2D eigenvalue weighted by Crippen LogP contribution is 2.09. The maximum Gasteiger partial charge on any atom is 0.303 e. The highest BCUT2D eigenvalue weighted by atomic mass is 32.2. The van der Waals surface area contributed by atoms with Crippen molar-refractivity contribution < 1.29 is 53.4 Å². The van der Waals surface area contributed by atoms with Crippen molar-refractivity contribution in [3.05, 3.63) is 0 Å². The van der Waals surface area contributed by atoms with Crippen LogP contribution in [0, 0.1) is 0 Å². The first-order valence-electron chi connectivity index (χ1n) is 18.1. The molecule has 58 heavy (non-hydrogen) atoms. The number of carboxylic acids is 2. The van der Waals surface area contributed by atoms with Gasteiger partial charge in [0.2, 0.25) is 41.4 Å². The first-order valence-corrected chi connectivity index (χ1v) is 19.5. The molecule has 0 fully saturated rings. The number of rotatable bonds is 31. The minimum Gasteiger partial charge on any atom is -0.481 e. The third-order valence-corrected chi connectivity index (χ3v) is 8.67. The van der Waals surface area contributed by atoms with Crippen LogP contribution in [0.25, 0.3) is 0 Å². The molecule has 328 valence electrons. The van der Waals surface area contributed by atoms with E-state index in [0.717, 1.165) is 0 Å². The van der Waals surface area contributed by atoms with E-state index in [4.69, 9.17) is 45.2 Å². The standard InChI is InChI=1S/C32H58N14O11S/c1-58-15-12-21(46-29(56)20(8-11-24(50)51)43-26(53)16(33)6-10-23(48)49)30(57)45-19(7-9-22(34)47)28(55)44-18(5-3-14-41-32(38)39)27(54)42-17(25(35)52)4-2-13-40-31(36)37/h16-21H,2-15,33H2,1H3,(H2,34,47)(H2,35,52)(H,42,54)(H,43,53)(H,44,55)(H,45,57)(H,46,56)(H,48,49)(H,50,51)(H4,36,37,40)(H4,38,39,41). The molecule has 0 saturated heterocycles. The number of thioether (sulfide) groups is 1. The molecule has 0 aromatic carbocycles. The van der Waals surface area contributed by atoms with Gasteiger partial charge in [0, 0.05) is 32.4 Å². The summed E-state index contributed by atoms with van der Waals surface area (Å²) < 4.78 is 0. The van der Waals surface area contributed by atoms with Crippen LogP contribution in [0.5, 0.6) is 0 Å². The van der Waals surface area contributed by atoms with E-state index in [0.29, 0.717) is 0 Å². The third kappa shape index (κ3) is 23.9. The molecular formula is C32H58N14O11S. The van der Waals surface area contributed by atoms with Gasteiger partial charge in [-0.05, 0) is 63.4 Å². The second-order valence-electron chi connectivity index (χ2n) is 12.9. The van der Waals surface area contributed by atoms with E-state index >= 15 is 0 Å². The predicted molar refractivity (Wildman–Crippen MR) is 212 cm³/mol. The largest absolute Gasteiger partial charge is 0.481 e. The number of amides is 7. The Morgan fingerprint density at radius 1 is 0.517 bits per heavy atom. The predicted octanol–water partition coefficient (Wildman–Crippen LogP) is -5.92. The molecule has 0 heterocycles. The lowest BCUT2D eigenvalue weighted by atomic mass is 10.0. The van der Waals surface area contributed by atoms with Crippen LogP contribution in [0.1, 0.15) is 70.6 Å². The topological polar surface area (TPSA) is 461 Å². The minimum atomic E-state index is -1.53. The average Bonchev–Trinajstić information content (AvgIpc) is 3.13. The van der Waals surface area contributed by atoms with Crippen LogP contribution in [-0.4, -0.2) is 137 Å². The number of nitrogens with one attached hydrogen (secondary N) is 5. The van der Waals surface area contributed by atoms with Gasteiger partial charge in [-0.2, -0.15) is 11.8 Å². The van der Waals surface area contributed by atoms with E-state index in [9.17, 15) is 48.3 Å². The maximum absolute atomic E-state index is 13.7. The summed E-state index contributed by atoms with van der Waals surface area (Å²) in [5.41, 5.74) is 38.0. The van der Waals surface area contributed by atoms with Gasteiger partial charge in [-0.3, -0.25) is 53.1 Å². The number of hydrogen-bond acceptors (Lipinski definition) is 13. The first-order chi connectivity index (χ1) is 27.2. The number of hydrogen-bond donors (Lipinski definition) is 14. The number of carboxylic acid groups (broad SMARTS) is 2. The molecule has 0 aliphatic rings. The molecule has 6 atom stereocenters. The average molecular weight is 847 g/mol. The molecular weight excluding hydrogens is 789 g/mol. The van der Waals surface area contributed by atoms with Gasteiger partial charge < -0.3 is 76.9 Å². The fourth-order valence-corrected chi connectivity index (χ4v) is 5.41. The van der Waals surface area contributed by atoms with Gasteiger partial charge in [-0.1, -0.05) is 0 Å². The summed E-state index contributed by atoms with van der Waals surface area (Å²) in [4.78, 5) is 121. The van der Waals surface area contributed by atoms with Crippen molar-refractivity contribution in [2.45, 2.75) is 107 Å². The van der Waals surface area contributed by atoms with Crippen LogP contribution in [-0.2, 0) is 43.2 Å². The summed E-state index contributed by atoms with van der Waals surface area (Å²) >= 11 is 1.29. The van der Waals surface area contributed by atoms with E-state index < -0.39 is 115 Å². The van der Waals surface area contributed by atoms with Crippen molar-refractivity contribution in [2.24, 2.45) is 50.1 Å². The third-order valence-electron chi connectivity index (χ3n) is 8.03. The molecule has 0 rings (SSSR count). The fraction of sp³-hybridized carbons (Fsp3) is 0.656. The Labute approximate surface area is 338 Å². The molecule has 0 saturated carbocycles. The van der Waals surface area contributed by atoms with E-state index in [2.05, 4.69) is 36.6 Å². The molecule has 0 aliphatic heterocycles. The number of nitrogens with two attached hydrogens (primary N) is 7. The monoisotopic (exact) mass is 846 g/mol. The minimum absolute atomic E-state index is 0.0331. The normalized spacial score (nSPS) is 13.8. The van der Waals surface area contributed by atoms with E-state index in [1.54, 1.807) is 6.26 Å². The molecule has 21 N–H and O–H groups in total. The highest BCUT2D eigenvalue weighted by Gasteiger charge is 2.33. The van der Waals surface area contributed by atoms with Crippen LogP contribution in [0.2, 0.25) is 0 Å². The summed E-state index contributed by atoms with van der Waals surface area (Å²) in [7, 11) is 0. The van der Waals surface area contributed by atoms with Crippen molar-refractivity contribution >= 4 is 77.0 Å². The van der Waals surface area contributed by atoms with Gasteiger partial charge in [-0.15, -0.1) is 0 Å². The Morgan fingerprint density at radius 3 is 1.28 bits per heavy atom. The van der Waals surface area contributed by atoms with Gasteiger partial charge in [0.25, 0.3) is 0 Å². The smallest absolute Gasteiger partial charge is 0.303 e. The Kier molecular flexibility index (Phi) is 25.6. The number of aliphatic carboxylic acids is 2. The van der Waals surface area contributed by atoms with Crippen LogP contribution in [0.3, 0.4) is 0 Å². The molecule has 7 amide bonds. The van der Waals surface area contributed by atoms with E-state index in [1.165, 1.54) is 11.8 Å². The van der Waals surface area contributed by atoms with Crippen LogP contribution >= 0.6 is 11.8 Å². The number of aliphatic imine (C=N–C) groups is 2. The Bertz CT molecular complexity index is 1490. The molecule has 0 aromatic rings. The number of guanidine groups is 2. The molecule has 0 bridgehead atoms. The highest BCUT2D eigenvalue weighted by molar-refractivity contribution is 7.98. The summed E-state index contributed by atoms with van der Waals surface area (Å²) in [6, 6.07) is -8.35. The SMILES string of the molecule is CSCCC(NC(=O)C(CCC(=O)O)NC(=O)C(N)CCC(=O)O)C(=O)NC(CCC(N)=O)C(=O)NC(CCCN=C(N)N)C(=O)NC(CCCN=C(N)N)C(N)=O. The van der Waals surface area contributed by atoms with Crippen molar-refractivity contribution in [3.8, 4) is 0 Å². The molecule has 26 heteroatoms. The zero-order valence-corrected chi connectivity index (χ0v) is 33.1. The number of primary amides is 2. The van der Waals surface area contributed by atoms with Gasteiger partial charge in [0.05, 0.1) is 6.04 Å². The molecule has 6 unspecified atom stereocenters. The maximum atomic E-state index is 13.7. The number of carbonyl (C=O) groups is 9. The lowest BCUT2D eigenvalue weighted by Crippen LogP contribution is -2.59. The molecule has 25 nitrogen and oxygen atoms in total. The first kappa shape index (κ1) is 52.1. The number of nitrogens with zero attached hydrogens (tertiary/aromatic N) is 2. The van der Waals surface area contributed by atoms with E-state index in [1.807, 2.05) is 0 Å². The summed E-state index contributed by atoms with van der Waals surface area (Å²) in [6.45, 7) is 0.168. The molecule has 0 aliphatic carbocycles. The van der Waals surface area contributed by atoms with Gasteiger partial charge in [0.15, 0.2) is 11.9 Å². The zero-order valence-electron chi connectivity index (χ0n) is 32.3. The fourth-order valence-electron chi connectivity index (χ4n) is 4.94. The molecule has 0 spiro atoms. The van der Waals surface area contributed by atoms with E-state index in [-0.39, 0.29) is 75.7 Å². The summed E-state index contributed by atoms with van der Waals surface area (Å²) in [5, 5.41) is 30.3. The van der Waals surface area contributed by atoms with Gasteiger partial charge in [-0.25, -0.2) is 0 Å².